The van der Waals surface area contributed by atoms with Crippen LogP contribution in [-0.4, -0.2) is 35.1 Å². The molecule has 0 spiro atoms. The van der Waals surface area contributed by atoms with E-state index in [9.17, 15) is 13.2 Å². The second-order valence-electron chi connectivity index (χ2n) is 5.49. The predicted molar refractivity (Wildman–Crippen MR) is 77.0 cm³/mol. The molecule has 1 aromatic heterocycles. The van der Waals surface area contributed by atoms with Gasteiger partial charge in [0.05, 0.1) is 11.0 Å². The van der Waals surface area contributed by atoms with Gasteiger partial charge in [0, 0.05) is 11.7 Å². The number of imidazole rings is 1. The van der Waals surface area contributed by atoms with Gasteiger partial charge >= 0.3 is 6.18 Å². The van der Waals surface area contributed by atoms with E-state index in [1.165, 1.54) is 10.6 Å². The quantitative estimate of drug-likeness (QED) is 0.882. The minimum absolute atomic E-state index is 0.277. The maximum atomic E-state index is 13.2. The van der Waals surface area contributed by atoms with Gasteiger partial charge in [-0.3, -0.25) is 0 Å². The second kappa shape index (κ2) is 5.55. The molecule has 0 aliphatic rings. The summed E-state index contributed by atoms with van der Waals surface area (Å²) in [6, 6.07) is 4.36. The third kappa shape index (κ3) is 3.29. The molecular formula is C14H19F3N4. The molecule has 2 rings (SSSR count). The highest BCUT2D eigenvalue weighted by molar-refractivity contribution is 5.80. The summed E-state index contributed by atoms with van der Waals surface area (Å²) >= 11 is 0. The first kappa shape index (κ1) is 15.6. The molecule has 0 radical (unpaired) electrons. The number of alkyl halides is 3. The Labute approximate surface area is 121 Å². The fourth-order valence-electron chi connectivity index (χ4n) is 2.34. The molecule has 4 nitrogen and oxygen atoms in total. The summed E-state index contributed by atoms with van der Waals surface area (Å²) in [7, 11) is 3.79. The van der Waals surface area contributed by atoms with Gasteiger partial charge in [-0.1, -0.05) is 0 Å². The SMILES string of the molecule is CC(CCN(C)C)n1c(C(F)(F)F)nc2cc(N)ccc21. The minimum Gasteiger partial charge on any atom is -0.399 e. The van der Waals surface area contributed by atoms with Gasteiger partial charge in [0.25, 0.3) is 0 Å². The summed E-state index contributed by atoms with van der Waals surface area (Å²) in [5.41, 5.74) is 6.77. The van der Waals surface area contributed by atoms with Gasteiger partial charge < -0.3 is 15.2 Å². The number of nitrogens with zero attached hydrogens (tertiary/aromatic N) is 3. The number of hydrogen-bond acceptors (Lipinski definition) is 3. The van der Waals surface area contributed by atoms with Crippen LogP contribution >= 0.6 is 0 Å². The molecule has 0 aliphatic carbocycles. The number of fused-ring (bicyclic) bond motifs is 1. The van der Waals surface area contributed by atoms with E-state index < -0.39 is 12.0 Å². The first-order chi connectivity index (χ1) is 9.70. The maximum Gasteiger partial charge on any atom is 0.449 e. The molecule has 7 heteroatoms. The number of anilines is 1. The van der Waals surface area contributed by atoms with E-state index in [0.717, 1.165) is 0 Å². The van der Waals surface area contributed by atoms with Gasteiger partial charge in [0.1, 0.15) is 0 Å². The zero-order valence-corrected chi connectivity index (χ0v) is 12.3. The van der Waals surface area contributed by atoms with E-state index in [2.05, 4.69) is 4.98 Å². The average Bonchev–Trinajstić information content (AvgIpc) is 2.74. The fourth-order valence-corrected chi connectivity index (χ4v) is 2.34. The van der Waals surface area contributed by atoms with Crippen LogP contribution in [0.3, 0.4) is 0 Å². The molecule has 1 aromatic carbocycles. The molecule has 0 saturated heterocycles. The Morgan fingerprint density at radius 3 is 2.57 bits per heavy atom. The smallest absolute Gasteiger partial charge is 0.399 e. The second-order valence-corrected chi connectivity index (χ2v) is 5.49. The van der Waals surface area contributed by atoms with E-state index in [4.69, 9.17) is 5.73 Å². The molecule has 2 aromatic rings. The summed E-state index contributed by atoms with van der Waals surface area (Å²) in [5, 5.41) is 0. The summed E-state index contributed by atoms with van der Waals surface area (Å²) in [5.74, 6) is -0.866. The Bertz CT molecular complexity index is 631. The van der Waals surface area contributed by atoms with Crippen LogP contribution in [0.15, 0.2) is 18.2 Å². The summed E-state index contributed by atoms with van der Waals surface area (Å²) < 4.78 is 40.9. The van der Waals surface area contributed by atoms with Crippen LogP contribution in [0.25, 0.3) is 11.0 Å². The number of benzene rings is 1. The van der Waals surface area contributed by atoms with E-state index in [-0.39, 0.29) is 11.6 Å². The molecule has 0 amide bonds. The zero-order chi connectivity index (χ0) is 15.8. The molecule has 0 fully saturated rings. The van der Waals surface area contributed by atoms with Gasteiger partial charge in [-0.15, -0.1) is 0 Å². The van der Waals surface area contributed by atoms with Gasteiger partial charge in [-0.2, -0.15) is 13.2 Å². The van der Waals surface area contributed by atoms with Crippen molar-refractivity contribution in [1.82, 2.24) is 14.5 Å². The molecule has 1 unspecified atom stereocenters. The number of rotatable bonds is 4. The van der Waals surface area contributed by atoms with Crippen LogP contribution in [0.5, 0.6) is 0 Å². The van der Waals surface area contributed by atoms with Crippen molar-refractivity contribution >= 4 is 16.7 Å². The van der Waals surface area contributed by atoms with E-state index in [1.807, 2.05) is 19.0 Å². The van der Waals surface area contributed by atoms with Crippen molar-refractivity contribution in [2.45, 2.75) is 25.6 Å². The Morgan fingerprint density at radius 2 is 2.00 bits per heavy atom. The number of aromatic nitrogens is 2. The first-order valence-corrected chi connectivity index (χ1v) is 6.69. The third-order valence-corrected chi connectivity index (χ3v) is 3.40. The number of halogens is 3. The lowest BCUT2D eigenvalue weighted by atomic mass is 10.2. The Kier molecular flexibility index (Phi) is 4.13. The predicted octanol–water partition coefficient (Wildman–Crippen LogP) is 3.15. The Balaban J connectivity index is 2.52. The summed E-state index contributed by atoms with van der Waals surface area (Å²) in [6.07, 6.45) is -3.88. The number of nitrogen functional groups attached to an aromatic ring is 1. The highest BCUT2D eigenvalue weighted by atomic mass is 19.4. The van der Waals surface area contributed by atoms with E-state index in [0.29, 0.717) is 24.2 Å². The van der Waals surface area contributed by atoms with Crippen LogP contribution in [0.1, 0.15) is 25.2 Å². The first-order valence-electron chi connectivity index (χ1n) is 6.69. The lowest BCUT2D eigenvalue weighted by molar-refractivity contribution is -0.147. The largest absolute Gasteiger partial charge is 0.449 e. The molecule has 0 bridgehead atoms. The highest BCUT2D eigenvalue weighted by Crippen LogP contribution is 2.34. The molecule has 21 heavy (non-hydrogen) atoms. The molecule has 2 N–H and O–H groups in total. The summed E-state index contributed by atoms with van der Waals surface area (Å²) in [4.78, 5) is 5.68. The van der Waals surface area contributed by atoms with Crippen LogP contribution in [0.2, 0.25) is 0 Å². The van der Waals surface area contributed by atoms with Crippen molar-refractivity contribution in [3.8, 4) is 0 Å². The zero-order valence-electron chi connectivity index (χ0n) is 12.3. The molecule has 116 valence electrons. The topological polar surface area (TPSA) is 47.1 Å². The van der Waals surface area contributed by atoms with Crippen LogP contribution in [-0.2, 0) is 6.18 Å². The van der Waals surface area contributed by atoms with Crippen LogP contribution in [0.4, 0.5) is 18.9 Å². The van der Waals surface area contributed by atoms with Gasteiger partial charge in [-0.05, 0) is 52.2 Å². The average molecular weight is 300 g/mol. The van der Waals surface area contributed by atoms with Gasteiger partial charge in [0.15, 0.2) is 0 Å². The van der Waals surface area contributed by atoms with Crippen LogP contribution in [0, 0.1) is 0 Å². The lowest BCUT2D eigenvalue weighted by Crippen LogP contribution is -2.21. The normalized spacial score (nSPS) is 14.0. The molecule has 1 atom stereocenters. The monoisotopic (exact) mass is 300 g/mol. The Morgan fingerprint density at radius 1 is 1.33 bits per heavy atom. The van der Waals surface area contributed by atoms with E-state index in [1.54, 1.807) is 19.1 Å². The maximum absolute atomic E-state index is 13.2. The lowest BCUT2D eigenvalue weighted by Gasteiger charge is -2.20. The van der Waals surface area contributed by atoms with Crippen molar-refractivity contribution in [2.75, 3.05) is 26.4 Å². The minimum atomic E-state index is -4.49. The van der Waals surface area contributed by atoms with Crippen molar-refractivity contribution in [1.29, 1.82) is 0 Å². The fraction of sp³-hybridized carbons (Fsp3) is 0.500. The molecule has 1 heterocycles. The van der Waals surface area contributed by atoms with E-state index >= 15 is 0 Å². The van der Waals surface area contributed by atoms with Crippen LogP contribution < -0.4 is 5.73 Å². The molecular weight excluding hydrogens is 281 g/mol. The van der Waals surface area contributed by atoms with Gasteiger partial charge in [-0.25, -0.2) is 4.98 Å². The highest BCUT2D eigenvalue weighted by Gasteiger charge is 2.38. The van der Waals surface area contributed by atoms with Gasteiger partial charge in [0.2, 0.25) is 5.82 Å². The van der Waals surface area contributed by atoms with Crippen molar-refractivity contribution in [2.24, 2.45) is 0 Å². The summed E-state index contributed by atoms with van der Waals surface area (Å²) in [6.45, 7) is 2.48. The number of nitrogens with two attached hydrogens (primary N) is 1. The number of hydrogen-bond donors (Lipinski definition) is 1. The van der Waals surface area contributed by atoms with Crippen molar-refractivity contribution in [3.05, 3.63) is 24.0 Å². The third-order valence-electron chi connectivity index (χ3n) is 3.40. The van der Waals surface area contributed by atoms with Crippen molar-refractivity contribution < 1.29 is 13.2 Å². The Hall–Kier alpha value is -1.76. The van der Waals surface area contributed by atoms with Crippen molar-refractivity contribution in [3.63, 3.8) is 0 Å². The molecule has 0 saturated carbocycles. The molecule has 0 aliphatic heterocycles. The standard InChI is InChI=1S/C14H19F3N4/c1-9(6-7-20(2)3)21-12-5-4-10(18)8-11(12)19-13(21)14(15,16)17/h4-5,8-9H,6-7,18H2,1-3H3.